The molecule has 1 heterocycles. The van der Waals surface area contributed by atoms with E-state index in [1.165, 1.54) is 6.42 Å². The zero-order valence-electron chi connectivity index (χ0n) is 15.7. The number of aliphatic hydroxyl groups is 1. The SMILES string of the molecule is CC1CC(C)CN(CC(O)COc2ccccc2-c2ccccc2)C1.Cl. The minimum absolute atomic E-state index is 0. The average Bonchev–Trinajstić information content (AvgIpc) is 2.60. The van der Waals surface area contributed by atoms with Gasteiger partial charge in [0.05, 0.1) is 0 Å². The van der Waals surface area contributed by atoms with Crippen molar-refractivity contribution in [3.8, 4) is 16.9 Å². The zero-order chi connectivity index (χ0) is 17.6. The third-order valence-corrected chi connectivity index (χ3v) is 4.82. The van der Waals surface area contributed by atoms with Crippen LogP contribution < -0.4 is 4.74 Å². The Morgan fingerprint density at radius 2 is 1.62 bits per heavy atom. The van der Waals surface area contributed by atoms with Crippen molar-refractivity contribution in [1.29, 1.82) is 0 Å². The van der Waals surface area contributed by atoms with Gasteiger partial charge in [-0.05, 0) is 29.9 Å². The molecule has 1 saturated heterocycles. The van der Waals surface area contributed by atoms with Crippen LogP contribution in [0.2, 0.25) is 0 Å². The molecule has 142 valence electrons. The molecule has 3 nitrogen and oxygen atoms in total. The van der Waals surface area contributed by atoms with E-state index in [4.69, 9.17) is 4.74 Å². The highest BCUT2D eigenvalue weighted by Crippen LogP contribution is 2.29. The fraction of sp³-hybridized carbons (Fsp3) is 0.455. The second-order valence-corrected chi connectivity index (χ2v) is 7.49. The molecule has 0 aromatic heterocycles. The van der Waals surface area contributed by atoms with Crippen LogP contribution in [0.5, 0.6) is 5.75 Å². The Balaban J connectivity index is 0.00000243. The van der Waals surface area contributed by atoms with Gasteiger partial charge in [-0.1, -0.05) is 62.4 Å². The molecular weight excluding hydrogens is 346 g/mol. The maximum absolute atomic E-state index is 10.4. The fourth-order valence-electron chi connectivity index (χ4n) is 3.93. The first-order chi connectivity index (χ1) is 12.1. The Morgan fingerprint density at radius 1 is 1.00 bits per heavy atom. The topological polar surface area (TPSA) is 32.7 Å². The summed E-state index contributed by atoms with van der Waals surface area (Å²) in [4.78, 5) is 2.37. The van der Waals surface area contributed by atoms with Crippen LogP contribution in [-0.2, 0) is 0 Å². The Morgan fingerprint density at radius 3 is 2.31 bits per heavy atom. The number of rotatable bonds is 6. The molecule has 0 aliphatic carbocycles. The number of piperidine rings is 1. The van der Waals surface area contributed by atoms with Crippen molar-refractivity contribution in [3.63, 3.8) is 0 Å². The summed E-state index contributed by atoms with van der Waals surface area (Å²) in [6.07, 6.45) is 0.814. The van der Waals surface area contributed by atoms with Crippen LogP contribution in [0.25, 0.3) is 11.1 Å². The number of likely N-dealkylation sites (tertiary alicyclic amines) is 1. The summed E-state index contributed by atoms with van der Waals surface area (Å²) in [7, 11) is 0. The highest BCUT2D eigenvalue weighted by atomic mass is 35.5. The predicted octanol–water partition coefficient (Wildman–Crippen LogP) is 4.49. The van der Waals surface area contributed by atoms with Crippen LogP contribution in [0, 0.1) is 11.8 Å². The highest BCUT2D eigenvalue weighted by molar-refractivity contribution is 5.85. The van der Waals surface area contributed by atoms with Crippen LogP contribution in [-0.4, -0.2) is 42.4 Å². The van der Waals surface area contributed by atoms with Crippen LogP contribution in [0.4, 0.5) is 0 Å². The summed E-state index contributed by atoms with van der Waals surface area (Å²) in [6.45, 7) is 7.73. The lowest BCUT2D eigenvalue weighted by Crippen LogP contribution is -2.44. The van der Waals surface area contributed by atoms with Gasteiger partial charge in [0.1, 0.15) is 18.5 Å². The van der Waals surface area contributed by atoms with Crippen molar-refractivity contribution in [2.45, 2.75) is 26.4 Å². The number of β-amino-alcohol motifs (C(OH)–C–C–N with tert-alkyl or cyclic N) is 1. The van der Waals surface area contributed by atoms with Gasteiger partial charge in [0, 0.05) is 25.2 Å². The Labute approximate surface area is 163 Å². The van der Waals surface area contributed by atoms with E-state index in [1.54, 1.807) is 0 Å². The standard InChI is InChI=1S/C22H29NO2.ClH/c1-17-12-18(2)14-23(13-17)15-20(24)16-25-22-11-7-6-10-21(22)19-8-4-3-5-9-19;/h3-11,17-18,20,24H,12-16H2,1-2H3;1H. The largest absolute Gasteiger partial charge is 0.490 e. The summed E-state index contributed by atoms with van der Waals surface area (Å²) >= 11 is 0. The van der Waals surface area contributed by atoms with Crippen LogP contribution >= 0.6 is 12.4 Å². The Kier molecular flexibility index (Phi) is 7.95. The maximum atomic E-state index is 10.4. The molecule has 0 bridgehead atoms. The van der Waals surface area contributed by atoms with Crippen molar-refractivity contribution >= 4 is 12.4 Å². The smallest absolute Gasteiger partial charge is 0.127 e. The number of hydrogen-bond acceptors (Lipinski definition) is 3. The molecule has 0 spiro atoms. The molecule has 3 unspecified atom stereocenters. The van der Waals surface area contributed by atoms with Crippen LogP contribution in [0.3, 0.4) is 0 Å². The number of ether oxygens (including phenoxy) is 1. The number of benzene rings is 2. The van der Waals surface area contributed by atoms with Gasteiger partial charge < -0.3 is 14.7 Å². The number of aliphatic hydroxyl groups excluding tert-OH is 1. The van der Waals surface area contributed by atoms with Crippen molar-refractivity contribution in [2.24, 2.45) is 11.8 Å². The first-order valence-corrected chi connectivity index (χ1v) is 9.29. The van der Waals surface area contributed by atoms with E-state index in [0.29, 0.717) is 25.0 Å². The summed E-state index contributed by atoms with van der Waals surface area (Å²) in [5.74, 6) is 2.24. The van der Waals surface area contributed by atoms with Crippen molar-refractivity contribution < 1.29 is 9.84 Å². The quantitative estimate of drug-likeness (QED) is 0.807. The lowest BCUT2D eigenvalue weighted by atomic mass is 9.92. The maximum Gasteiger partial charge on any atom is 0.127 e. The molecule has 0 radical (unpaired) electrons. The average molecular weight is 376 g/mol. The van der Waals surface area contributed by atoms with Crippen molar-refractivity contribution in [3.05, 3.63) is 54.6 Å². The Hall–Kier alpha value is -1.55. The van der Waals surface area contributed by atoms with E-state index in [1.807, 2.05) is 36.4 Å². The molecule has 1 aliphatic heterocycles. The predicted molar refractivity (Wildman–Crippen MR) is 110 cm³/mol. The Bertz CT molecular complexity index is 654. The third-order valence-electron chi connectivity index (χ3n) is 4.82. The van der Waals surface area contributed by atoms with Crippen molar-refractivity contribution in [2.75, 3.05) is 26.2 Å². The first kappa shape index (κ1) is 20.8. The number of hydrogen-bond donors (Lipinski definition) is 1. The van der Waals surface area contributed by atoms with E-state index in [0.717, 1.165) is 30.0 Å². The van der Waals surface area contributed by atoms with Gasteiger partial charge in [-0.3, -0.25) is 0 Å². The summed E-state index contributed by atoms with van der Waals surface area (Å²) in [5, 5.41) is 10.4. The first-order valence-electron chi connectivity index (χ1n) is 9.29. The van der Waals surface area contributed by atoms with Gasteiger partial charge in [-0.25, -0.2) is 0 Å². The molecule has 0 amide bonds. The molecule has 4 heteroatoms. The molecule has 2 aromatic rings. The number of nitrogens with zero attached hydrogens (tertiary/aromatic N) is 1. The molecule has 2 aromatic carbocycles. The fourth-order valence-corrected chi connectivity index (χ4v) is 3.93. The van der Waals surface area contributed by atoms with E-state index >= 15 is 0 Å². The summed E-state index contributed by atoms with van der Waals surface area (Å²) in [5.41, 5.74) is 2.20. The molecule has 0 saturated carbocycles. The molecule has 3 atom stereocenters. The van der Waals surface area contributed by atoms with Gasteiger partial charge in [-0.15, -0.1) is 12.4 Å². The van der Waals surface area contributed by atoms with E-state index < -0.39 is 6.10 Å². The lowest BCUT2D eigenvalue weighted by Gasteiger charge is -2.35. The summed E-state index contributed by atoms with van der Waals surface area (Å²) in [6, 6.07) is 18.2. The monoisotopic (exact) mass is 375 g/mol. The normalized spacial score (nSPS) is 21.7. The minimum Gasteiger partial charge on any atom is -0.490 e. The van der Waals surface area contributed by atoms with Crippen LogP contribution in [0.15, 0.2) is 54.6 Å². The number of para-hydroxylation sites is 1. The van der Waals surface area contributed by atoms with Gasteiger partial charge in [0.2, 0.25) is 0 Å². The van der Waals surface area contributed by atoms with Crippen LogP contribution in [0.1, 0.15) is 20.3 Å². The van der Waals surface area contributed by atoms with E-state index in [9.17, 15) is 5.11 Å². The van der Waals surface area contributed by atoms with Crippen molar-refractivity contribution in [1.82, 2.24) is 4.90 Å². The molecule has 1 aliphatic rings. The van der Waals surface area contributed by atoms with Gasteiger partial charge in [0.25, 0.3) is 0 Å². The van der Waals surface area contributed by atoms with Gasteiger partial charge in [0.15, 0.2) is 0 Å². The second kappa shape index (κ2) is 9.96. The number of halogens is 1. The molecule has 1 fully saturated rings. The lowest BCUT2D eigenvalue weighted by molar-refractivity contribution is 0.0430. The van der Waals surface area contributed by atoms with E-state index in [-0.39, 0.29) is 12.4 Å². The molecule has 3 rings (SSSR count). The summed E-state index contributed by atoms with van der Waals surface area (Å²) < 4.78 is 5.97. The van der Waals surface area contributed by atoms with E-state index in [2.05, 4.69) is 36.9 Å². The molecule has 26 heavy (non-hydrogen) atoms. The highest BCUT2D eigenvalue weighted by Gasteiger charge is 2.23. The zero-order valence-corrected chi connectivity index (χ0v) is 16.5. The molecule has 1 N–H and O–H groups in total. The minimum atomic E-state index is -0.471. The third kappa shape index (κ3) is 5.73. The second-order valence-electron chi connectivity index (χ2n) is 7.49. The van der Waals surface area contributed by atoms with Gasteiger partial charge >= 0.3 is 0 Å². The molecular formula is C22H30ClNO2. The van der Waals surface area contributed by atoms with Gasteiger partial charge in [-0.2, -0.15) is 0 Å².